The van der Waals surface area contributed by atoms with Crippen LogP contribution >= 0.6 is 0 Å². The van der Waals surface area contributed by atoms with Crippen LogP contribution in [0, 0.1) is 18.8 Å². The molecule has 1 atom stereocenters. The largest absolute Gasteiger partial charge is 0.294 e. The van der Waals surface area contributed by atoms with E-state index in [0.717, 1.165) is 36.1 Å². The average Bonchev–Trinajstić information content (AvgIpc) is 3.24. The number of Topliss-reactive ketones (excluding diaryl/α,β-unsaturated/α-hetero) is 1. The fourth-order valence-electron chi connectivity index (χ4n) is 6.25. The van der Waals surface area contributed by atoms with E-state index in [1.54, 1.807) is 0 Å². The first kappa shape index (κ1) is 23.7. The van der Waals surface area contributed by atoms with Crippen molar-refractivity contribution in [3.8, 4) is 11.1 Å². The summed E-state index contributed by atoms with van der Waals surface area (Å²) in [6.45, 7) is 6.40. The first-order valence-corrected chi connectivity index (χ1v) is 13.4. The van der Waals surface area contributed by atoms with Gasteiger partial charge in [0, 0.05) is 35.4 Å². The van der Waals surface area contributed by atoms with Crippen LogP contribution < -0.4 is 0 Å². The predicted octanol–water partition coefficient (Wildman–Crippen LogP) is 7.96. The third-order valence-corrected chi connectivity index (χ3v) is 8.37. The molecular formula is C33H37NO. The van der Waals surface area contributed by atoms with Gasteiger partial charge in [0.2, 0.25) is 0 Å². The summed E-state index contributed by atoms with van der Waals surface area (Å²) < 4.78 is 0. The Morgan fingerprint density at radius 1 is 0.943 bits per heavy atom. The number of aryl methyl sites for hydroxylation is 2. The van der Waals surface area contributed by atoms with Gasteiger partial charge in [-0.3, -0.25) is 9.78 Å². The van der Waals surface area contributed by atoms with E-state index in [9.17, 15) is 4.79 Å². The summed E-state index contributed by atoms with van der Waals surface area (Å²) in [6, 6.07) is 19.6. The molecule has 2 aliphatic carbocycles. The molecule has 0 N–H and O–H groups in total. The molecule has 3 aromatic rings. The molecule has 2 nitrogen and oxygen atoms in total. The molecule has 0 radical (unpaired) electrons. The quantitative estimate of drug-likeness (QED) is 0.356. The van der Waals surface area contributed by atoms with Crippen molar-refractivity contribution in [2.45, 2.75) is 72.1 Å². The number of pyridine rings is 1. The number of allylic oxidation sites excluding steroid dienone is 2. The van der Waals surface area contributed by atoms with Crippen molar-refractivity contribution in [3.05, 3.63) is 94.3 Å². The molecule has 0 amide bonds. The number of nitrogens with zero attached hydrogens (tertiary/aromatic N) is 1. The summed E-state index contributed by atoms with van der Waals surface area (Å²) >= 11 is 0. The zero-order valence-corrected chi connectivity index (χ0v) is 21.4. The SMILES string of the molecule is CCc1ccc(-c2ccc(C)nc2)cc1CC(C(=O)C1=C(C)c2ccccc2C1)C1CCCCC1. The van der Waals surface area contributed by atoms with Crippen molar-refractivity contribution >= 4 is 11.4 Å². The third kappa shape index (κ3) is 4.89. The molecule has 0 saturated heterocycles. The first-order chi connectivity index (χ1) is 17.0. The van der Waals surface area contributed by atoms with Crippen LogP contribution in [0.2, 0.25) is 0 Å². The molecule has 1 saturated carbocycles. The van der Waals surface area contributed by atoms with Crippen LogP contribution in [0.25, 0.3) is 16.7 Å². The van der Waals surface area contributed by atoms with E-state index in [-0.39, 0.29) is 5.92 Å². The number of ketones is 1. The Morgan fingerprint density at radius 3 is 2.43 bits per heavy atom. The lowest BCUT2D eigenvalue weighted by Gasteiger charge is -2.31. The second kappa shape index (κ2) is 10.3. The number of carbonyl (C=O) groups is 1. The molecule has 1 heterocycles. The number of benzene rings is 2. The normalized spacial score (nSPS) is 16.9. The highest BCUT2D eigenvalue weighted by Gasteiger charge is 2.34. The Balaban J connectivity index is 1.50. The van der Waals surface area contributed by atoms with E-state index in [0.29, 0.717) is 11.7 Å². The van der Waals surface area contributed by atoms with E-state index < -0.39 is 0 Å². The van der Waals surface area contributed by atoms with Crippen molar-refractivity contribution in [3.63, 3.8) is 0 Å². The molecule has 1 fully saturated rings. The minimum atomic E-state index is 0.0613. The van der Waals surface area contributed by atoms with Crippen molar-refractivity contribution in [2.75, 3.05) is 0 Å². The summed E-state index contributed by atoms with van der Waals surface area (Å²) in [5.41, 5.74) is 10.9. The van der Waals surface area contributed by atoms with E-state index in [1.165, 1.54) is 65.5 Å². The lowest BCUT2D eigenvalue weighted by Crippen LogP contribution is -2.29. The summed E-state index contributed by atoms with van der Waals surface area (Å²) in [7, 11) is 0. The molecule has 35 heavy (non-hydrogen) atoms. The summed E-state index contributed by atoms with van der Waals surface area (Å²) in [6.07, 6.45) is 10.8. The van der Waals surface area contributed by atoms with Gasteiger partial charge in [0.15, 0.2) is 5.78 Å². The summed E-state index contributed by atoms with van der Waals surface area (Å²) in [5.74, 6) is 0.941. The van der Waals surface area contributed by atoms with E-state index in [4.69, 9.17) is 0 Å². The highest BCUT2D eigenvalue weighted by atomic mass is 16.1. The number of hydrogen-bond donors (Lipinski definition) is 0. The minimum absolute atomic E-state index is 0.0613. The Kier molecular flexibility index (Phi) is 7.00. The maximum atomic E-state index is 14.3. The van der Waals surface area contributed by atoms with E-state index >= 15 is 0 Å². The molecule has 5 rings (SSSR count). The third-order valence-electron chi connectivity index (χ3n) is 8.37. The van der Waals surface area contributed by atoms with Gasteiger partial charge in [0.05, 0.1) is 0 Å². The zero-order chi connectivity index (χ0) is 24.4. The van der Waals surface area contributed by atoms with Crippen molar-refractivity contribution in [1.82, 2.24) is 4.98 Å². The van der Waals surface area contributed by atoms with Crippen LogP contribution in [0.5, 0.6) is 0 Å². The zero-order valence-electron chi connectivity index (χ0n) is 21.4. The van der Waals surface area contributed by atoms with Gasteiger partial charge in [-0.2, -0.15) is 0 Å². The van der Waals surface area contributed by atoms with Gasteiger partial charge < -0.3 is 0 Å². The maximum absolute atomic E-state index is 14.3. The number of carbonyl (C=O) groups excluding carboxylic acids is 1. The molecule has 0 spiro atoms. The Bertz CT molecular complexity index is 1240. The fraction of sp³-hybridized carbons (Fsp3) is 0.394. The van der Waals surface area contributed by atoms with Crippen LogP contribution in [-0.2, 0) is 24.1 Å². The molecule has 1 aromatic heterocycles. The van der Waals surface area contributed by atoms with Gasteiger partial charge in [0.1, 0.15) is 0 Å². The highest BCUT2D eigenvalue weighted by molar-refractivity contribution is 6.06. The average molecular weight is 464 g/mol. The molecule has 0 bridgehead atoms. The highest BCUT2D eigenvalue weighted by Crippen LogP contribution is 2.40. The Hall–Kier alpha value is -3.00. The van der Waals surface area contributed by atoms with E-state index in [2.05, 4.69) is 73.4 Å². The van der Waals surface area contributed by atoms with Crippen LogP contribution in [0.4, 0.5) is 0 Å². The van der Waals surface area contributed by atoms with Gasteiger partial charge in [-0.15, -0.1) is 0 Å². The van der Waals surface area contributed by atoms with Crippen LogP contribution in [0.1, 0.15) is 73.9 Å². The second-order valence-electron chi connectivity index (χ2n) is 10.5. The van der Waals surface area contributed by atoms with Crippen molar-refractivity contribution in [1.29, 1.82) is 0 Å². The topological polar surface area (TPSA) is 30.0 Å². The van der Waals surface area contributed by atoms with Gasteiger partial charge >= 0.3 is 0 Å². The number of rotatable bonds is 7. The van der Waals surface area contributed by atoms with Gasteiger partial charge in [-0.1, -0.05) is 74.7 Å². The predicted molar refractivity (Wildman–Crippen MR) is 145 cm³/mol. The molecule has 180 valence electrons. The second-order valence-corrected chi connectivity index (χ2v) is 10.5. The lowest BCUT2D eigenvalue weighted by atomic mass is 9.73. The van der Waals surface area contributed by atoms with Gasteiger partial charge in [-0.25, -0.2) is 0 Å². The fourth-order valence-corrected chi connectivity index (χ4v) is 6.25. The van der Waals surface area contributed by atoms with Gasteiger partial charge in [-0.05, 0) is 84.9 Å². The molecule has 2 aromatic carbocycles. The molecular weight excluding hydrogens is 426 g/mol. The van der Waals surface area contributed by atoms with Crippen LogP contribution in [0.15, 0.2) is 66.4 Å². The smallest absolute Gasteiger partial charge is 0.163 e. The standard InChI is InChI=1S/C33H37NO/c1-4-24-16-17-26(28-15-14-22(2)34-21-28)18-29(24)20-32(25-10-6-5-7-11-25)33(35)31-19-27-12-8-9-13-30(27)23(31)3/h8-9,12-18,21,25,32H,4-7,10-11,19-20H2,1-3H3. The first-order valence-electron chi connectivity index (χ1n) is 13.4. The van der Waals surface area contributed by atoms with Crippen molar-refractivity contribution < 1.29 is 4.79 Å². The number of hydrogen-bond acceptors (Lipinski definition) is 2. The number of aromatic nitrogens is 1. The summed E-state index contributed by atoms with van der Waals surface area (Å²) in [4.78, 5) is 18.8. The Labute approximate surface area is 210 Å². The van der Waals surface area contributed by atoms with Crippen LogP contribution in [-0.4, -0.2) is 10.8 Å². The van der Waals surface area contributed by atoms with E-state index in [1.807, 2.05) is 13.1 Å². The molecule has 0 aliphatic heterocycles. The lowest BCUT2D eigenvalue weighted by molar-refractivity contribution is -0.121. The number of fused-ring (bicyclic) bond motifs is 1. The Morgan fingerprint density at radius 2 is 1.71 bits per heavy atom. The summed E-state index contributed by atoms with van der Waals surface area (Å²) in [5, 5.41) is 0. The monoisotopic (exact) mass is 463 g/mol. The van der Waals surface area contributed by atoms with Crippen LogP contribution in [0.3, 0.4) is 0 Å². The van der Waals surface area contributed by atoms with Gasteiger partial charge in [0.25, 0.3) is 0 Å². The van der Waals surface area contributed by atoms with Crippen molar-refractivity contribution in [2.24, 2.45) is 11.8 Å². The minimum Gasteiger partial charge on any atom is -0.294 e. The molecule has 2 aliphatic rings. The maximum Gasteiger partial charge on any atom is 0.163 e. The molecule has 1 unspecified atom stereocenters. The molecule has 2 heteroatoms.